The van der Waals surface area contributed by atoms with Gasteiger partial charge in [0.25, 0.3) is 0 Å². The fraction of sp³-hybridized carbons (Fsp3) is 0.529. The minimum absolute atomic E-state index is 0.0246. The SMILES string of the molecule is COc1cc(CCC(=O)N[C@@H]2CC[C@H](C(=O)O)C2)cc(OC)c1. The first-order chi connectivity index (χ1) is 11.0. The summed E-state index contributed by atoms with van der Waals surface area (Å²) in [6, 6.07) is 5.52. The number of benzene rings is 1. The summed E-state index contributed by atoms with van der Waals surface area (Å²) in [6.07, 6.45) is 2.82. The molecule has 0 unspecified atom stereocenters. The second-order valence-electron chi connectivity index (χ2n) is 5.83. The van der Waals surface area contributed by atoms with Crippen LogP contribution in [-0.2, 0) is 16.0 Å². The van der Waals surface area contributed by atoms with Gasteiger partial charge in [0.15, 0.2) is 0 Å². The van der Waals surface area contributed by atoms with Crippen LogP contribution < -0.4 is 14.8 Å². The first-order valence-corrected chi connectivity index (χ1v) is 7.76. The number of carboxylic acids is 1. The normalized spacial score (nSPS) is 20.1. The molecule has 1 aliphatic carbocycles. The molecule has 0 aliphatic heterocycles. The van der Waals surface area contributed by atoms with Crippen LogP contribution in [0.4, 0.5) is 0 Å². The number of carboxylic acid groups (broad SMARTS) is 1. The van der Waals surface area contributed by atoms with E-state index in [0.29, 0.717) is 37.2 Å². The molecular weight excluding hydrogens is 298 g/mol. The summed E-state index contributed by atoms with van der Waals surface area (Å²) in [4.78, 5) is 23.0. The van der Waals surface area contributed by atoms with Gasteiger partial charge in [0.2, 0.25) is 5.91 Å². The molecule has 1 amide bonds. The Hall–Kier alpha value is -2.24. The maximum Gasteiger partial charge on any atom is 0.306 e. The molecule has 6 nitrogen and oxygen atoms in total. The van der Waals surface area contributed by atoms with Crippen LogP contribution in [0.3, 0.4) is 0 Å². The van der Waals surface area contributed by atoms with Crippen LogP contribution in [0.5, 0.6) is 11.5 Å². The van der Waals surface area contributed by atoms with Crippen molar-refractivity contribution < 1.29 is 24.2 Å². The molecule has 126 valence electrons. The lowest BCUT2D eigenvalue weighted by Gasteiger charge is -2.13. The molecule has 0 heterocycles. The molecule has 2 rings (SSSR count). The van der Waals surface area contributed by atoms with E-state index in [9.17, 15) is 9.59 Å². The summed E-state index contributed by atoms with van der Waals surface area (Å²) in [6.45, 7) is 0. The lowest BCUT2D eigenvalue weighted by molar-refractivity contribution is -0.141. The molecule has 1 aromatic carbocycles. The van der Waals surface area contributed by atoms with Crippen LogP contribution in [0.1, 0.15) is 31.2 Å². The summed E-state index contributed by atoms with van der Waals surface area (Å²) >= 11 is 0. The molecule has 0 spiro atoms. The summed E-state index contributed by atoms with van der Waals surface area (Å²) in [5, 5.41) is 11.9. The van der Waals surface area contributed by atoms with Crippen molar-refractivity contribution in [2.75, 3.05) is 14.2 Å². The molecule has 1 aliphatic rings. The number of aryl methyl sites for hydroxylation is 1. The highest BCUT2D eigenvalue weighted by atomic mass is 16.5. The van der Waals surface area contributed by atoms with Crippen molar-refractivity contribution in [3.8, 4) is 11.5 Å². The van der Waals surface area contributed by atoms with Crippen molar-refractivity contribution in [1.29, 1.82) is 0 Å². The Kier molecular flexibility index (Phi) is 5.84. The van der Waals surface area contributed by atoms with Gasteiger partial charge >= 0.3 is 5.97 Å². The van der Waals surface area contributed by atoms with Crippen molar-refractivity contribution in [3.05, 3.63) is 23.8 Å². The van der Waals surface area contributed by atoms with Crippen LogP contribution in [-0.4, -0.2) is 37.2 Å². The molecule has 0 bridgehead atoms. The van der Waals surface area contributed by atoms with E-state index >= 15 is 0 Å². The third-order valence-corrected chi connectivity index (χ3v) is 4.20. The first-order valence-electron chi connectivity index (χ1n) is 7.76. The van der Waals surface area contributed by atoms with E-state index in [0.717, 1.165) is 12.0 Å². The van der Waals surface area contributed by atoms with Crippen LogP contribution in [0.15, 0.2) is 18.2 Å². The smallest absolute Gasteiger partial charge is 0.306 e. The van der Waals surface area contributed by atoms with E-state index in [-0.39, 0.29) is 17.9 Å². The summed E-state index contributed by atoms with van der Waals surface area (Å²) < 4.78 is 10.4. The number of methoxy groups -OCH3 is 2. The van der Waals surface area contributed by atoms with Crippen LogP contribution in [0.25, 0.3) is 0 Å². The Bertz CT molecular complexity index is 550. The molecule has 1 aromatic rings. The van der Waals surface area contributed by atoms with Gasteiger partial charge in [-0.2, -0.15) is 0 Å². The van der Waals surface area contributed by atoms with E-state index in [1.807, 2.05) is 12.1 Å². The number of nitrogens with one attached hydrogen (secondary N) is 1. The van der Waals surface area contributed by atoms with Crippen molar-refractivity contribution in [2.24, 2.45) is 5.92 Å². The Morgan fingerprint density at radius 3 is 2.35 bits per heavy atom. The zero-order valence-corrected chi connectivity index (χ0v) is 13.5. The zero-order valence-electron chi connectivity index (χ0n) is 13.5. The quantitative estimate of drug-likeness (QED) is 0.802. The van der Waals surface area contributed by atoms with Gasteiger partial charge in [-0.1, -0.05) is 0 Å². The van der Waals surface area contributed by atoms with E-state index in [1.54, 1.807) is 20.3 Å². The standard InChI is InChI=1S/C17H23NO5/c1-22-14-7-11(8-15(10-14)23-2)3-6-16(19)18-13-5-4-12(9-13)17(20)21/h7-8,10,12-13H,3-6,9H2,1-2H3,(H,18,19)(H,20,21)/t12-,13+/m0/s1. The average molecular weight is 321 g/mol. The minimum Gasteiger partial charge on any atom is -0.497 e. The fourth-order valence-electron chi connectivity index (χ4n) is 2.91. The monoisotopic (exact) mass is 321 g/mol. The molecule has 0 saturated heterocycles. The lowest BCUT2D eigenvalue weighted by Crippen LogP contribution is -2.33. The molecule has 6 heteroatoms. The predicted molar refractivity (Wildman–Crippen MR) is 84.8 cm³/mol. The molecule has 1 fully saturated rings. The number of amides is 1. The molecule has 0 aromatic heterocycles. The Balaban J connectivity index is 1.84. The molecule has 2 atom stereocenters. The molecule has 1 saturated carbocycles. The molecule has 0 radical (unpaired) electrons. The summed E-state index contributed by atoms with van der Waals surface area (Å²) in [5.41, 5.74) is 0.964. The Morgan fingerprint density at radius 1 is 1.17 bits per heavy atom. The molecular formula is C17H23NO5. The third-order valence-electron chi connectivity index (χ3n) is 4.20. The van der Waals surface area contributed by atoms with Gasteiger partial charge in [-0.05, 0) is 43.4 Å². The van der Waals surface area contributed by atoms with E-state index in [1.165, 1.54) is 0 Å². The van der Waals surface area contributed by atoms with Gasteiger partial charge in [-0.3, -0.25) is 9.59 Å². The van der Waals surface area contributed by atoms with Gasteiger partial charge in [0.1, 0.15) is 11.5 Å². The first kappa shape index (κ1) is 17.1. The second-order valence-corrected chi connectivity index (χ2v) is 5.83. The number of rotatable bonds is 7. The van der Waals surface area contributed by atoms with Gasteiger partial charge in [0.05, 0.1) is 20.1 Å². The van der Waals surface area contributed by atoms with Gasteiger partial charge in [-0.25, -0.2) is 0 Å². The number of hydrogen-bond acceptors (Lipinski definition) is 4. The zero-order chi connectivity index (χ0) is 16.8. The summed E-state index contributed by atoms with van der Waals surface area (Å²) in [7, 11) is 3.18. The van der Waals surface area contributed by atoms with Gasteiger partial charge in [0, 0.05) is 18.5 Å². The maximum atomic E-state index is 12.0. The van der Waals surface area contributed by atoms with Crippen LogP contribution in [0.2, 0.25) is 0 Å². The molecule has 23 heavy (non-hydrogen) atoms. The van der Waals surface area contributed by atoms with Crippen molar-refractivity contribution in [1.82, 2.24) is 5.32 Å². The lowest BCUT2D eigenvalue weighted by atomic mass is 10.1. The Labute approximate surface area is 135 Å². The highest BCUT2D eigenvalue weighted by Gasteiger charge is 2.30. The largest absolute Gasteiger partial charge is 0.497 e. The van der Waals surface area contributed by atoms with Crippen LogP contribution >= 0.6 is 0 Å². The minimum atomic E-state index is -0.773. The predicted octanol–water partition coefficient (Wildman–Crippen LogP) is 2.01. The highest BCUT2D eigenvalue weighted by molar-refractivity contribution is 5.77. The summed E-state index contributed by atoms with van der Waals surface area (Å²) in [5.74, 6) is 0.232. The third kappa shape index (κ3) is 4.87. The Morgan fingerprint density at radius 2 is 1.83 bits per heavy atom. The van der Waals surface area contributed by atoms with Gasteiger partial charge < -0.3 is 19.9 Å². The van der Waals surface area contributed by atoms with Crippen LogP contribution in [0, 0.1) is 5.92 Å². The number of ether oxygens (including phenoxy) is 2. The van der Waals surface area contributed by atoms with Gasteiger partial charge in [-0.15, -0.1) is 0 Å². The van der Waals surface area contributed by atoms with E-state index < -0.39 is 5.97 Å². The average Bonchev–Trinajstić information content (AvgIpc) is 3.01. The van der Waals surface area contributed by atoms with Crippen molar-refractivity contribution in [2.45, 2.75) is 38.1 Å². The van der Waals surface area contributed by atoms with Crippen molar-refractivity contribution >= 4 is 11.9 Å². The number of carbonyl (C=O) groups excluding carboxylic acids is 1. The number of aliphatic carboxylic acids is 1. The topological polar surface area (TPSA) is 84.9 Å². The molecule has 2 N–H and O–H groups in total. The van der Waals surface area contributed by atoms with Crippen molar-refractivity contribution in [3.63, 3.8) is 0 Å². The fourth-order valence-corrected chi connectivity index (χ4v) is 2.91. The number of carbonyl (C=O) groups is 2. The second kappa shape index (κ2) is 7.85. The highest BCUT2D eigenvalue weighted by Crippen LogP contribution is 2.26. The van der Waals surface area contributed by atoms with E-state index in [2.05, 4.69) is 5.32 Å². The number of hydrogen-bond donors (Lipinski definition) is 2. The maximum absolute atomic E-state index is 12.0. The van der Waals surface area contributed by atoms with E-state index in [4.69, 9.17) is 14.6 Å².